The topological polar surface area (TPSA) is 127 Å². The zero-order valence-electron chi connectivity index (χ0n) is 8.96. The molecule has 96 valence electrons. The van der Waals surface area contributed by atoms with Crippen LogP contribution in [-0.4, -0.2) is 29.0 Å². The van der Waals surface area contributed by atoms with Gasteiger partial charge in [0.15, 0.2) is 5.82 Å². The lowest BCUT2D eigenvalue weighted by atomic mass is 10.3. The van der Waals surface area contributed by atoms with E-state index in [0.717, 1.165) is 12.1 Å². The average molecular weight is 272 g/mol. The van der Waals surface area contributed by atoms with Gasteiger partial charge in [0.25, 0.3) is 0 Å². The van der Waals surface area contributed by atoms with Crippen LogP contribution in [0.2, 0.25) is 0 Å². The number of hydrogen-bond acceptors (Lipinski definition) is 6. The highest BCUT2D eigenvalue weighted by atomic mass is 32.2. The molecule has 0 radical (unpaired) electrons. The van der Waals surface area contributed by atoms with Gasteiger partial charge in [-0.3, -0.25) is 0 Å². The second kappa shape index (κ2) is 4.66. The van der Waals surface area contributed by atoms with Gasteiger partial charge >= 0.3 is 0 Å². The third kappa shape index (κ3) is 2.60. The predicted octanol–water partition coefficient (Wildman–Crippen LogP) is -0.601. The highest BCUT2D eigenvalue weighted by molar-refractivity contribution is 7.89. The monoisotopic (exact) mass is 272 g/mol. The third-order valence-corrected chi connectivity index (χ3v) is 3.49. The Labute approximate surface area is 101 Å². The quantitative estimate of drug-likeness (QED) is 0.638. The second-order valence-corrected chi connectivity index (χ2v) is 5.08. The fraction of sp³-hybridized carbons (Fsp3) is 0.125. The summed E-state index contributed by atoms with van der Waals surface area (Å²) in [6.45, 7) is -0.192. The van der Waals surface area contributed by atoms with Gasteiger partial charge in [-0.2, -0.15) is 5.21 Å². The van der Waals surface area contributed by atoms with Crippen molar-refractivity contribution in [2.24, 2.45) is 0 Å². The number of halogens is 1. The lowest BCUT2D eigenvalue weighted by Gasteiger charge is -2.06. The summed E-state index contributed by atoms with van der Waals surface area (Å²) in [5.41, 5.74) is 5.48. The third-order valence-electron chi connectivity index (χ3n) is 2.05. The maximum absolute atomic E-state index is 13.5. The number of aromatic amines is 1. The lowest BCUT2D eigenvalue weighted by molar-refractivity contribution is 0.556. The summed E-state index contributed by atoms with van der Waals surface area (Å²) in [7, 11) is -3.99. The minimum absolute atomic E-state index is 0.143. The smallest absolute Gasteiger partial charge is 0.243 e. The number of rotatable bonds is 4. The van der Waals surface area contributed by atoms with E-state index < -0.39 is 20.7 Å². The Bertz CT molecular complexity index is 642. The first-order chi connectivity index (χ1) is 8.49. The van der Waals surface area contributed by atoms with Crippen molar-refractivity contribution in [2.75, 3.05) is 5.73 Å². The fourth-order valence-corrected chi connectivity index (χ4v) is 2.27. The Kier molecular flexibility index (Phi) is 3.21. The van der Waals surface area contributed by atoms with E-state index >= 15 is 0 Å². The Morgan fingerprint density at radius 3 is 2.83 bits per heavy atom. The first kappa shape index (κ1) is 12.4. The molecule has 1 aromatic heterocycles. The molecule has 0 spiro atoms. The molecular weight excluding hydrogens is 263 g/mol. The molecule has 0 aliphatic carbocycles. The van der Waals surface area contributed by atoms with Gasteiger partial charge in [-0.1, -0.05) is 5.21 Å². The van der Waals surface area contributed by atoms with Gasteiger partial charge in [0.2, 0.25) is 10.0 Å². The molecule has 18 heavy (non-hydrogen) atoms. The zero-order valence-corrected chi connectivity index (χ0v) is 9.78. The van der Waals surface area contributed by atoms with Crippen LogP contribution in [0.5, 0.6) is 0 Å². The molecule has 2 rings (SSSR count). The Morgan fingerprint density at radius 1 is 1.44 bits per heavy atom. The van der Waals surface area contributed by atoms with E-state index in [1.54, 1.807) is 0 Å². The molecule has 0 saturated carbocycles. The van der Waals surface area contributed by atoms with Crippen LogP contribution in [0.15, 0.2) is 23.1 Å². The molecule has 4 N–H and O–H groups in total. The van der Waals surface area contributed by atoms with Crippen LogP contribution >= 0.6 is 0 Å². The van der Waals surface area contributed by atoms with Gasteiger partial charge in [-0.05, 0) is 18.2 Å². The molecule has 0 aliphatic rings. The Balaban J connectivity index is 2.20. The first-order valence-corrected chi connectivity index (χ1v) is 6.24. The van der Waals surface area contributed by atoms with E-state index in [-0.39, 0.29) is 18.1 Å². The molecule has 8 nitrogen and oxygen atoms in total. The molecule has 10 heteroatoms. The zero-order chi connectivity index (χ0) is 13.2. The summed E-state index contributed by atoms with van der Waals surface area (Å²) in [5.74, 6) is -0.773. The number of aromatic nitrogens is 4. The van der Waals surface area contributed by atoms with E-state index in [2.05, 4.69) is 25.3 Å². The number of H-pyrrole nitrogens is 1. The van der Waals surface area contributed by atoms with Gasteiger partial charge in [0, 0.05) is 5.69 Å². The van der Waals surface area contributed by atoms with Gasteiger partial charge in [0.05, 0.1) is 6.54 Å². The van der Waals surface area contributed by atoms with Crippen molar-refractivity contribution in [3.63, 3.8) is 0 Å². The molecule has 1 aromatic carbocycles. The molecule has 0 fully saturated rings. The molecular formula is C8H9FN6O2S. The minimum atomic E-state index is -3.99. The summed E-state index contributed by atoms with van der Waals surface area (Å²) >= 11 is 0. The molecule has 0 bridgehead atoms. The molecule has 0 unspecified atom stereocenters. The molecule has 2 aromatic rings. The molecule has 0 saturated heterocycles. The lowest BCUT2D eigenvalue weighted by Crippen LogP contribution is -2.24. The summed E-state index contributed by atoms with van der Waals surface area (Å²) in [6, 6.07) is 3.32. The highest BCUT2D eigenvalue weighted by Gasteiger charge is 2.19. The van der Waals surface area contributed by atoms with Crippen molar-refractivity contribution in [3.05, 3.63) is 29.8 Å². The van der Waals surface area contributed by atoms with Crippen LogP contribution in [0.4, 0.5) is 10.1 Å². The van der Waals surface area contributed by atoms with Crippen molar-refractivity contribution in [1.82, 2.24) is 25.3 Å². The van der Waals surface area contributed by atoms with Crippen molar-refractivity contribution in [2.45, 2.75) is 11.4 Å². The van der Waals surface area contributed by atoms with E-state index in [4.69, 9.17) is 5.73 Å². The standard InChI is InChI=1S/C8H9FN6O2S/c9-6-3-5(10)1-2-7(6)18(16,17)11-4-8-12-14-15-13-8/h1-3,11H,4,10H2,(H,12,13,14,15). The fourth-order valence-electron chi connectivity index (χ4n) is 1.23. The number of nitrogens with one attached hydrogen (secondary N) is 2. The SMILES string of the molecule is Nc1ccc(S(=O)(=O)NCc2nn[nH]n2)c(F)c1. The van der Waals surface area contributed by atoms with E-state index in [9.17, 15) is 12.8 Å². The van der Waals surface area contributed by atoms with Crippen molar-refractivity contribution in [3.8, 4) is 0 Å². The van der Waals surface area contributed by atoms with Gasteiger partial charge in [0.1, 0.15) is 10.7 Å². The normalized spacial score (nSPS) is 11.6. The maximum Gasteiger partial charge on any atom is 0.243 e. The number of tetrazole rings is 1. The van der Waals surface area contributed by atoms with Gasteiger partial charge < -0.3 is 5.73 Å². The van der Waals surface area contributed by atoms with Crippen molar-refractivity contribution >= 4 is 15.7 Å². The maximum atomic E-state index is 13.5. The highest BCUT2D eigenvalue weighted by Crippen LogP contribution is 2.16. The van der Waals surface area contributed by atoms with E-state index in [1.165, 1.54) is 6.07 Å². The molecule has 1 heterocycles. The summed E-state index contributed by atoms with van der Waals surface area (Å²) < 4.78 is 39.2. The number of hydrogen-bond donors (Lipinski definition) is 3. The van der Waals surface area contributed by atoms with Crippen LogP contribution in [0.3, 0.4) is 0 Å². The van der Waals surface area contributed by atoms with Gasteiger partial charge in [-0.25, -0.2) is 17.5 Å². The molecule has 0 aliphatic heterocycles. The Hall–Kier alpha value is -2.07. The minimum Gasteiger partial charge on any atom is -0.399 e. The van der Waals surface area contributed by atoms with E-state index in [0.29, 0.717) is 0 Å². The number of nitrogens with zero attached hydrogens (tertiary/aromatic N) is 3. The molecule has 0 atom stereocenters. The second-order valence-electron chi connectivity index (χ2n) is 3.34. The average Bonchev–Trinajstić information content (AvgIpc) is 2.78. The molecule has 0 amide bonds. The number of sulfonamides is 1. The van der Waals surface area contributed by atoms with Crippen molar-refractivity contribution in [1.29, 1.82) is 0 Å². The van der Waals surface area contributed by atoms with Crippen LogP contribution in [0.1, 0.15) is 5.82 Å². The summed E-state index contributed by atoms with van der Waals surface area (Å²) in [5, 5.41) is 12.6. The van der Waals surface area contributed by atoms with Gasteiger partial charge in [-0.15, -0.1) is 10.2 Å². The van der Waals surface area contributed by atoms with E-state index in [1.807, 2.05) is 0 Å². The van der Waals surface area contributed by atoms with Crippen molar-refractivity contribution < 1.29 is 12.8 Å². The summed E-state index contributed by atoms with van der Waals surface area (Å²) in [6.07, 6.45) is 0. The number of nitrogen functional groups attached to an aromatic ring is 1. The number of nitrogens with two attached hydrogens (primary N) is 1. The van der Waals surface area contributed by atoms with Crippen LogP contribution in [0.25, 0.3) is 0 Å². The van der Waals surface area contributed by atoms with Crippen LogP contribution < -0.4 is 10.5 Å². The largest absolute Gasteiger partial charge is 0.399 e. The number of anilines is 1. The predicted molar refractivity (Wildman–Crippen MR) is 59.0 cm³/mol. The Morgan fingerprint density at radius 2 is 2.22 bits per heavy atom. The van der Waals surface area contributed by atoms with Crippen LogP contribution in [-0.2, 0) is 16.6 Å². The first-order valence-electron chi connectivity index (χ1n) is 4.76. The number of benzene rings is 1. The summed E-state index contributed by atoms with van der Waals surface area (Å²) in [4.78, 5) is -0.486. The van der Waals surface area contributed by atoms with Crippen LogP contribution in [0, 0.1) is 5.82 Å².